The van der Waals surface area contributed by atoms with Crippen LogP contribution in [0.2, 0.25) is 0 Å². The Bertz CT molecular complexity index is 365. The van der Waals surface area contributed by atoms with Crippen LogP contribution in [0.25, 0.3) is 0 Å². The van der Waals surface area contributed by atoms with Crippen LogP contribution in [-0.4, -0.2) is 23.4 Å². The van der Waals surface area contributed by atoms with E-state index in [0.717, 1.165) is 10.3 Å². The van der Waals surface area contributed by atoms with Crippen LogP contribution in [-0.2, 0) is 0 Å². The normalized spacial score (nSPS) is 10.5. The van der Waals surface area contributed by atoms with E-state index in [-0.39, 0.29) is 5.84 Å². The Hall–Kier alpha value is -1.10. The van der Waals surface area contributed by atoms with Gasteiger partial charge in [0.1, 0.15) is 5.82 Å². The number of aromatic nitrogens is 1. The second-order valence-electron chi connectivity index (χ2n) is 3.87. The summed E-state index contributed by atoms with van der Waals surface area (Å²) in [7, 11) is 0. The van der Waals surface area contributed by atoms with Crippen LogP contribution in [0.3, 0.4) is 0 Å². The van der Waals surface area contributed by atoms with E-state index in [2.05, 4.69) is 39.7 Å². The quantitative estimate of drug-likeness (QED) is 0.645. The van der Waals surface area contributed by atoms with Crippen molar-refractivity contribution >= 4 is 27.6 Å². The van der Waals surface area contributed by atoms with Gasteiger partial charge >= 0.3 is 0 Å². The van der Waals surface area contributed by atoms with Gasteiger partial charge in [-0.3, -0.25) is 5.41 Å². The molecule has 0 amide bonds. The van der Waals surface area contributed by atoms with E-state index < -0.39 is 0 Å². The summed E-state index contributed by atoms with van der Waals surface area (Å²) >= 11 is 3.48. The first-order valence-corrected chi connectivity index (χ1v) is 6.01. The number of nitrogens with two attached hydrogens (primary N) is 1. The molecule has 5 heteroatoms. The molecule has 0 atom stereocenters. The van der Waals surface area contributed by atoms with Crippen molar-refractivity contribution in [1.82, 2.24) is 4.98 Å². The minimum atomic E-state index is 0.206. The molecule has 0 aliphatic carbocycles. The fourth-order valence-electron chi connectivity index (χ4n) is 1.44. The number of hydrogen-bond acceptors (Lipinski definition) is 3. The number of anilines is 1. The standard InChI is InChI=1S/C11H17BrN4/c1-8(2)16(7-5-10(13)14)11-9(12)4-3-6-15-11/h3-4,6,8H,5,7H2,1-2H3,(H3,13,14). The van der Waals surface area contributed by atoms with Crippen LogP contribution >= 0.6 is 15.9 Å². The van der Waals surface area contributed by atoms with E-state index in [1.54, 1.807) is 6.20 Å². The van der Waals surface area contributed by atoms with Crippen LogP contribution in [0.1, 0.15) is 20.3 Å². The summed E-state index contributed by atoms with van der Waals surface area (Å²) in [6.07, 6.45) is 2.32. The highest BCUT2D eigenvalue weighted by atomic mass is 79.9. The van der Waals surface area contributed by atoms with Crippen molar-refractivity contribution < 1.29 is 0 Å². The third kappa shape index (κ3) is 3.48. The molecule has 1 aromatic rings. The maximum Gasteiger partial charge on any atom is 0.143 e. The zero-order chi connectivity index (χ0) is 12.1. The smallest absolute Gasteiger partial charge is 0.143 e. The molecule has 0 spiro atoms. The van der Waals surface area contributed by atoms with Crippen molar-refractivity contribution in [2.24, 2.45) is 5.73 Å². The Morgan fingerprint density at radius 2 is 2.31 bits per heavy atom. The lowest BCUT2D eigenvalue weighted by molar-refractivity contribution is 0.677. The van der Waals surface area contributed by atoms with Gasteiger partial charge in [-0.15, -0.1) is 0 Å². The zero-order valence-corrected chi connectivity index (χ0v) is 11.2. The van der Waals surface area contributed by atoms with Crippen molar-refractivity contribution in [3.8, 4) is 0 Å². The van der Waals surface area contributed by atoms with Gasteiger partial charge < -0.3 is 10.6 Å². The summed E-state index contributed by atoms with van der Waals surface area (Å²) < 4.78 is 0.965. The van der Waals surface area contributed by atoms with Crippen molar-refractivity contribution in [2.75, 3.05) is 11.4 Å². The van der Waals surface area contributed by atoms with Gasteiger partial charge in [-0.05, 0) is 41.9 Å². The first-order chi connectivity index (χ1) is 7.52. The molecule has 0 radical (unpaired) electrons. The molecule has 0 aliphatic heterocycles. The zero-order valence-electron chi connectivity index (χ0n) is 9.57. The summed E-state index contributed by atoms with van der Waals surface area (Å²) in [5.74, 6) is 1.11. The molecule has 0 bridgehead atoms. The van der Waals surface area contributed by atoms with Gasteiger partial charge in [0.15, 0.2) is 0 Å². The number of hydrogen-bond donors (Lipinski definition) is 2. The number of nitrogens with one attached hydrogen (secondary N) is 1. The van der Waals surface area contributed by atoms with Crippen molar-refractivity contribution in [3.63, 3.8) is 0 Å². The van der Waals surface area contributed by atoms with E-state index in [1.165, 1.54) is 0 Å². The van der Waals surface area contributed by atoms with Gasteiger partial charge in [0.2, 0.25) is 0 Å². The van der Waals surface area contributed by atoms with Crippen LogP contribution in [0, 0.1) is 5.41 Å². The molecule has 0 saturated heterocycles. The fraction of sp³-hybridized carbons (Fsp3) is 0.455. The molecule has 0 fully saturated rings. The lowest BCUT2D eigenvalue weighted by Crippen LogP contribution is -2.34. The monoisotopic (exact) mass is 284 g/mol. The molecule has 4 nitrogen and oxygen atoms in total. The topological polar surface area (TPSA) is 66.0 Å². The highest BCUT2D eigenvalue weighted by Gasteiger charge is 2.14. The molecular weight excluding hydrogens is 268 g/mol. The molecular formula is C11H17BrN4. The largest absolute Gasteiger partial charge is 0.388 e. The molecule has 0 saturated carbocycles. The van der Waals surface area contributed by atoms with Gasteiger partial charge in [-0.2, -0.15) is 0 Å². The lowest BCUT2D eigenvalue weighted by Gasteiger charge is -2.28. The predicted molar refractivity (Wildman–Crippen MR) is 71.0 cm³/mol. The molecule has 88 valence electrons. The Morgan fingerprint density at radius 3 is 2.81 bits per heavy atom. The van der Waals surface area contributed by atoms with E-state index in [1.807, 2.05) is 12.1 Å². The third-order valence-corrected chi connectivity index (χ3v) is 2.88. The van der Waals surface area contributed by atoms with Gasteiger partial charge in [0, 0.05) is 25.2 Å². The first kappa shape index (κ1) is 13.0. The number of amidine groups is 1. The first-order valence-electron chi connectivity index (χ1n) is 5.22. The second kappa shape index (κ2) is 5.84. The average Bonchev–Trinajstić information content (AvgIpc) is 2.20. The van der Waals surface area contributed by atoms with E-state index in [4.69, 9.17) is 11.1 Å². The predicted octanol–water partition coefficient (Wildman–Crippen LogP) is 2.38. The van der Waals surface area contributed by atoms with Crippen LogP contribution in [0.5, 0.6) is 0 Å². The second-order valence-corrected chi connectivity index (χ2v) is 4.73. The average molecular weight is 285 g/mol. The highest BCUT2D eigenvalue weighted by Crippen LogP contribution is 2.24. The minimum absolute atomic E-state index is 0.206. The van der Waals surface area contributed by atoms with E-state index in [0.29, 0.717) is 19.0 Å². The van der Waals surface area contributed by atoms with Gasteiger partial charge in [0.05, 0.1) is 10.3 Å². The molecule has 1 heterocycles. The molecule has 1 aromatic heterocycles. The maximum atomic E-state index is 7.26. The highest BCUT2D eigenvalue weighted by molar-refractivity contribution is 9.10. The Morgan fingerprint density at radius 1 is 1.62 bits per heavy atom. The van der Waals surface area contributed by atoms with Crippen LogP contribution in [0.15, 0.2) is 22.8 Å². The molecule has 1 rings (SSSR count). The SMILES string of the molecule is CC(C)N(CCC(=N)N)c1ncccc1Br. The van der Waals surface area contributed by atoms with Gasteiger partial charge in [-0.1, -0.05) is 0 Å². The molecule has 3 N–H and O–H groups in total. The maximum absolute atomic E-state index is 7.26. The van der Waals surface area contributed by atoms with E-state index >= 15 is 0 Å². The summed E-state index contributed by atoms with van der Waals surface area (Å²) in [5.41, 5.74) is 5.38. The number of halogens is 1. The number of rotatable bonds is 5. The fourth-order valence-corrected chi connectivity index (χ4v) is 1.92. The molecule has 0 unspecified atom stereocenters. The summed E-state index contributed by atoms with van der Waals surface area (Å²) in [4.78, 5) is 6.48. The Kier molecular flexibility index (Phi) is 4.73. The van der Waals surface area contributed by atoms with Gasteiger partial charge in [0.25, 0.3) is 0 Å². The minimum Gasteiger partial charge on any atom is -0.388 e. The lowest BCUT2D eigenvalue weighted by atomic mass is 10.2. The van der Waals surface area contributed by atoms with Crippen molar-refractivity contribution in [2.45, 2.75) is 26.3 Å². The van der Waals surface area contributed by atoms with Crippen LogP contribution in [0.4, 0.5) is 5.82 Å². The molecule has 16 heavy (non-hydrogen) atoms. The van der Waals surface area contributed by atoms with Crippen molar-refractivity contribution in [1.29, 1.82) is 5.41 Å². The summed E-state index contributed by atoms with van der Waals surface area (Å²) in [5, 5.41) is 7.26. The summed E-state index contributed by atoms with van der Waals surface area (Å²) in [6.45, 7) is 4.91. The molecule has 0 aromatic carbocycles. The van der Waals surface area contributed by atoms with E-state index in [9.17, 15) is 0 Å². The number of pyridine rings is 1. The Labute approximate surface area is 104 Å². The van der Waals surface area contributed by atoms with Crippen molar-refractivity contribution in [3.05, 3.63) is 22.8 Å². The summed E-state index contributed by atoms with van der Waals surface area (Å²) in [6, 6.07) is 4.17. The van der Waals surface area contributed by atoms with Crippen LogP contribution < -0.4 is 10.6 Å². The Balaban J connectivity index is 2.85. The molecule has 0 aliphatic rings. The number of nitrogens with zero attached hydrogens (tertiary/aromatic N) is 2. The third-order valence-electron chi connectivity index (χ3n) is 2.26. The van der Waals surface area contributed by atoms with Gasteiger partial charge in [-0.25, -0.2) is 4.98 Å².